The van der Waals surface area contributed by atoms with Gasteiger partial charge in [0, 0.05) is 6.54 Å². The lowest BCUT2D eigenvalue weighted by Gasteiger charge is -2.23. The van der Waals surface area contributed by atoms with E-state index in [0.717, 1.165) is 18.2 Å². The summed E-state index contributed by atoms with van der Waals surface area (Å²) in [4.78, 5) is 10.6. The number of carboxylic acids is 1. The Balaban J connectivity index is 2.96. The Labute approximate surface area is 123 Å². The van der Waals surface area contributed by atoms with Crippen molar-refractivity contribution in [3.63, 3.8) is 0 Å². The maximum atomic E-state index is 12.1. The molecule has 0 saturated carbocycles. The second kappa shape index (κ2) is 6.42. The van der Waals surface area contributed by atoms with E-state index in [4.69, 9.17) is 10.8 Å². The summed E-state index contributed by atoms with van der Waals surface area (Å²) in [7, 11) is -3.91. The van der Waals surface area contributed by atoms with Crippen molar-refractivity contribution in [2.75, 3.05) is 12.3 Å². The first-order valence-electron chi connectivity index (χ1n) is 6.44. The lowest BCUT2D eigenvalue weighted by atomic mass is 10.0. The van der Waals surface area contributed by atoms with E-state index in [0.29, 0.717) is 12.8 Å². The average molecular weight is 316 g/mol. The number of aromatic carboxylic acids is 1. The van der Waals surface area contributed by atoms with Gasteiger partial charge in [-0.3, -0.25) is 0 Å². The lowest BCUT2D eigenvalue weighted by molar-refractivity contribution is 0.0554. The molecule has 0 aromatic heterocycles. The summed E-state index contributed by atoms with van der Waals surface area (Å²) in [5.41, 5.74) is 4.19. The van der Waals surface area contributed by atoms with Crippen LogP contribution in [-0.4, -0.2) is 36.7 Å². The Bertz CT molecular complexity index is 625. The van der Waals surface area contributed by atoms with Gasteiger partial charge in [0.05, 0.1) is 16.9 Å². The van der Waals surface area contributed by atoms with Crippen molar-refractivity contribution < 1.29 is 23.4 Å². The molecule has 0 aliphatic heterocycles. The Hall–Kier alpha value is -1.64. The van der Waals surface area contributed by atoms with Crippen LogP contribution in [-0.2, 0) is 10.0 Å². The fourth-order valence-electron chi connectivity index (χ4n) is 1.88. The topological polar surface area (TPSA) is 130 Å². The highest BCUT2D eigenvalue weighted by molar-refractivity contribution is 7.89. The molecule has 5 N–H and O–H groups in total. The summed E-state index contributed by atoms with van der Waals surface area (Å²) in [6.07, 6.45) is 1.16. The van der Waals surface area contributed by atoms with Crippen molar-refractivity contribution in [2.45, 2.75) is 37.2 Å². The minimum Gasteiger partial charge on any atom is -0.478 e. The maximum absolute atomic E-state index is 12.1. The third-order valence-corrected chi connectivity index (χ3v) is 4.45. The normalized spacial score (nSPS) is 14.6. The third kappa shape index (κ3) is 4.69. The molecule has 0 aliphatic carbocycles. The van der Waals surface area contributed by atoms with Crippen LogP contribution in [0.25, 0.3) is 0 Å². The molecule has 0 heterocycles. The van der Waals surface area contributed by atoms with Gasteiger partial charge in [0.15, 0.2) is 0 Å². The van der Waals surface area contributed by atoms with Crippen LogP contribution in [0.15, 0.2) is 23.1 Å². The molecule has 8 heteroatoms. The van der Waals surface area contributed by atoms with E-state index in [-0.39, 0.29) is 22.7 Å². The van der Waals surface area contributed by atoms with Crippen molar-refractivity contribution in [1.29, 1.82) is 0 Å². The third-order valence-electron chi connectivity index (χ3n) is 2.98. The molecule has 0 amide bonds. The monoisotopic (exact) mass is 316 g/mol. The van der Waals surface area contributed by atoms with Gasteiger partial charge in [-0.05, 0) is 31.5 Å². The highest BCUT2D eigenvalue weighted by Gasteiger charge is 2.25. The number of nitrogens with one attached hydrogen (secondary N) is 1. The number of aliphatic hydroxyl groups is 1. The largest absolute Gasteiger partial charge is 0.478 e. The van der Waals surface area contributed by atoms with Gasteiger partial charge in [-0.25, -0.2) is 17.9 Å². The van der Waals surface area contributed by atoms with Crippen LogP contribution in [0, 0.1) is 0 Å². The Morgan fingerprint density at radius 3 is 2.52 bits per heavy atom. The van der Waals surface area contributed by atoms with Crippen molar-refractivity contribution in [1.82, 2.24) is 4.72 Å². The van der Waals surface area contributed by atoms with Gasteiger partial charge in [0.25, 0.3) is 0 Å². The molecule has 118 valence electrons. The number of benzene rings is 1. The molecular formula is C13H20N2O5S. The van der Waals surface area contributed by atoms with Gasteiger partial charge in [0.1, 0.15) is 4.90 Å². The molecule has 0 bridgehead atoms. The maximum Gasteiger partial charge on any atom is 0.335 e. The van der Waals surface area contributed by atoms with E-state index in [1.165, 1.54) is 6.92 Å². The number of carboxylic acid groups (broad SMARTS) is 1. The Morgan fingerprint density at radius 1 is 1.43 bits per heavy atom. The van der Waals surface area contributed by atoms with E-state index in [2.05, 4.69) is 4.72 Å². The first kappa shape index (κ1) is 17.4. The fourth-order valence-corrected chi connectivity index (χ4v) is 3.15. The smallest absolute Gasteiger partial charge is 0.335 e. The number of nitrogens with two attached hydrogens (primary N) is 1. The molecular weight excluding hydrogens is 296 g/mol. The fraction of sp³-hybridized carbons (Fsp3) is 0.462. The lowest BCUT2D eigenvalue weighted by Crippen LogP contribution is -2.40. The molecule has 0 spiro atoms. The molecule has 21 heavy (non-hydrogen) atoms. The first-order chi connectivity index (χ1) is 9.59. The molecule has 1 aromatic rings. The SMILES string of the molecule is CCCC(C)(O)CNS(=O)(=O)c1ccc(C(=O)O)cc1N. The number of hydrogen-bond acceptors (Lipinski definition) is 5. The van der Waals surface area contributed by atoms with Crippen LogP contribution in [0.5, 0.6) is 0 Å². The summed E-state index contributed by atoms with van der Waals surface area (Å²) in [6, 6.07) is 3.38. The minimum atomic E-state index is -3.91. The Kier molecular flexibility index (Phi) is 5.32. The van der Waals surface area contributed by atoms with Crippen molar-refractivity contribution in [3.05, 3.63) is 23.8 Å². The van der Waals surface area contributed by atoms with Gasteiger partial charge >= 0.3 is 5.97 Å². The zero-order valence-corrected chi connectivity index (χ0v) is 12.8. The molecule has 7 nitrogen and oxygen atoms in total. The predicted octanol–water partition coefficient (Wildman–Crippen LogP) is 0.796. The summed E-state index contributed by atoms with van der Waals surface area (Å²) in [5.74, 6) is -1.19. The highest BCUT2D eigenvalue weighted by atomic mass is 32.2. The number of sulfonamides is 1. The highest BCUT2D eigenvalue weighted by Crippen LogP contribution is 2.20. The molecule has 0 fully saturated rings. The molecule has 1 unspecified atom stereocenters. The van der Waals surface area contributed by atoms with Gasteiger partial charge in [0.2, 0.25) is 10.0 Å². The summed E-state index contributed by atoms with van der Waals surface area (Å²) < 4.78 is 26.6. The van der Waals surface area contributed by atoms with Crippen LogP contribution >= 0.6 is 0 Å². The van der Waals surface area contributed by atoms with E-state index in [1.54, 1.807) is 0 Å². The van der Waals surface area contributed by atoms with Crippen LogP contribution in [0.4, 0.5) is 5.69 Å². The van der Waals surface area contributed by atoms with Crippen LogP contribution in [0.1, 0.15) is 37.0 Å². The molecule has 1 atom stereocenters. The van der Waals surface area contributed by atoms with E-state index in [1.807, 2.05) is 6.92 Å². The molecule has 0 radical (unpaired) electrons. The summed E-state index contributed by atoms with van der Waals surface area (Å²) >= 11 is 0. The molecule has 0 aliphatic rings. The summed E-state index contributed by atoms with van der Waals surface area (Å²) in [6.45, 7) is 3.27. The van der Waals surface area contributed by atoms with E-state index < -0.39 is 21.6 Å². The number of nitrogen functional groups attached to an aromatic ring is 1. The quantitative estimate of drug-likeness (QED) is 0.550. The van der Waals surface area contributed by atoms with Crippen molar-refractivity contribution in [2.24, 2.45) is 0 Å². The zero-order chi connectivity index (χ0) is 16.3. The van der Waals surface area contributed by atoms with Gasteiger partial charge < -0.3 is 15.9 Å². The van der Waals surface area contributed by atoms with Crippen LogP contribution in [0.3, 0.4) is 0 Å². The van der Waals surface area contributed by atoms with Gasteiger partial charge in [-0.2, -0.15) is 0 Å². The second-order valence-electron chi connectivity index (χ2n) is 5.13. The van der Waals surface area contributed by atoms with Gasteiger partial charge in [-0.15, -0.1) is 0 Å². The predicted molar refractivity (Wildman–Crippen MR) is 78.5 cm³/mol. The van der Waals surface area contributed by atoms with Crippen LogP contribution < -0.4 is 10.5 Å². The number of rotatable bonds is 7. The van der Waals surface area contributed by atoms with E-state index >= 15 is 0 Å². The van der Waals surface area contributed by atoms with Crippen molar-refractivity contribution in [3.8, 4) is 0 Å². The number of carbonyl (C=O) groups is 1. The molecule has 0 saturated heterocycles. The standard InChI is InChI=1S/C13H20N2O5S/c1-3-6-13(2,18)8-15-21(19,20)11-5-4-9(12(16)17)7-10(11)14/h4-5,7,15,18H,3,6,8,14H2,1-2H3,(H,16,17). The number of anilines is 1. The Morgan fingerprint density at radius 2 is 2.05 bits per heavy atom. The zero-order valence-electron chi connectivity index (χ0n) is 12.0. The van der Waals surface area contributed by atoms with Crippen molar-refractivity contribution >= 4 is 21.7 Å². The van der Waals surface area contributed by atoms with Crippen LogP contribution in [0.2, 0.25) is 0 Å². The molecule has 1 aromatic carbocycles. The number of hydrogen-bond donors (Lipinski definition) is 4. The van der Waals surface area contributed by atoms with E-state index in [9.17, 15) is 18.3 Å². The minimum absolute atomic E-state index is 0.0931. The second-order valence-corrected chi connectivity index (χ2v) is 6.86. The summed E-state index contributed by atoms with van der Waals surface area (Å²) in [5, 5.41) is 18.8. The first-order valence-corrected chi connectivity index (χ1v) is 7.92. The molecule has 1 rings (SSSR count). The van der Waals surface area contributed by atoms with Gasteiger partial charge in [-0.1, -0.05) is 13.3 Å². The average Bonchev–Trinajstić information content (AvgIpc) is 2.36.